The molecule has 3 aromatic heterocycles. The molecule has 0 saturated heterocycles. The number of aromatic nitrogens is 3. The van der Waals surface area contributed by atoms with E-state index in [-0.39, 0.29) is 0 Å². The van der Waals surface area contributed by atoms with Crippen molar-refractivity contribution in [2.75, 3.05) is 6.54 Å². The molecule has 5 rings (SSSR count). The molecule has 4 heterocycles. The maximum absolute atomic E-state index is 12.8. The smallest absolute Gasteiger partial charge is 0.294 e. The molecule has 0 bridgehead atoms. The Bertz CT molecular complexity index is 1200. The van der Waals surface area contributed by atoms with Gasteiger partial charge < -0.3 is 0 Å². The van der Waals surface area contributed by atoms with Gasteiger partial charge in [-0.05, 0) is 35.2 Å². The zero-order chi connectivity index (χ0) is 22.1. The van der Waals surface area contributed by atoms with Crippen molar-refractivity contribution in [3.8, 4) is 22.6 Å². The van der Waals surface area contributed by atoms with Crippen LogP contribution in [0.1, 0.15) is 22.4 Å². The van der Waals surface area contributed by atoms with Gasteiger partial charge in [0.25, 0.3) is 0 Å². The summed E-state index contributed by atoms with van der Waals surface area (Å²) in [7, 11) is 0. The highest BCUT2D eigenvalue weighted by Gasteiger charge is 2.30. The third-order valence-electron chi connectivity index (χ3n) is 5.53. The molecule has 4 nitrogen and oxygen atoms in total. The van der Waals surface area contributed by atoms with E-state index in [0.29, 0.717) is 11.4 Å². The summed E-state index contributed by atoms with van der Waals surface area (Å²) in [6.07, 6.45) is 0.135. The molecular formula is C24H19F3N4S. The lowest BCUT2D eigenvalue weighted by Crippen LogP contribution is -2.31. The van der Waals surface area contributed by atoms with Gasteiger partial charge in [0.05, 0.1) is 17.0 Å². The van der Waals surface area contributed by atoms with E-state index in [1.165, 1.54) is 12.1 Å². The van der Waals surface area contributed by atoms with Crippen LogP contribution in [0.4, 0.5) is 13.2 Å². The predicted octanol–water partition coefficient (Wildman–Crippen LogP) is 5.84. The van der Waals surface area contributed by atoms with E-state index in [4.69, 9.17) is 0 Å². The predicted molar refractivity (Wildman–Crippen MR) is 118 cm³/mol. The van der Waals surface area contributed by atoms with Gasteiger partial charge in [0.2, 0.25) is 0 Å². The number of thiophene rings is 1. The number of hydrogen-bond donors (Lipinski definition) is 0. The second-order valence-electron chi connectivity index (χ2n) is 7.77. The number of rotatable bonds is 4. The molecule has 0 saturated carbocycles. The Hall–Kier alpha value is -3.10. The molecule has 1 aliphatic heterocycles. The van der Waals surface area contributed by atoms with Crippen LogP contribution in [0.5, 0.6) is 0 Å². The minimum absolute atomic E-state index is 0.458. The molecule has 0 spiro atoms. The lowest BCUT2D eigenvalue weighted by Gasteiger charge is -2.28. The monoisotopic (exact) mass is 452 g/mol. The van der Waals surface area contributed by atoms with Crippen molar-refractivity contribution in [3.05, 3.63) is 88.0 Å². The number of alkyl halides is 3. The zero-order valence-electron chi connectivity index (χ0n) is 17.0. The molecule has 0 atom stereocenters. The topological polar surface area (TPSA) is 41.9 Å². The van der Waals surface area contributed by atoms with E-state index < -0.39 is 11.7 Å². The number of pyridine rings is 1. The fourth-order valence-corrected chi connectivity index (χ4v) is 4.46. The fraction of sp³-hybridized carbons (Fsp3) is 0.208. The van der Waals surface area contributed by atoms with Crippen LogP contribution in [-0.2, 0) is 25.7 Å². The molecule has 0 unspecified atom stereocenters. The Kier molecular flexibility index (Phi) is 5.48. The molecule has 4 aromatic rings. The zero-order valence-corrected chi connectivity index (χ0v) is 17.8. The van der Waals surface area contributed by atoms with Crippen molar-refractivity contribution in [2.45, 2.75) is 25.7 Å². The molecule has 162 valence electrons. The number of nitrogens with zero attached hydrogens (tertiary/aromatic N) is 4. The Morgan fingerprint density at radius 1 is 0.938 bits per heavy atom. The lowest BCUT2D eigenvalue weighted by atomic mass is 10.1. The van der Waals surface area contributed by atoms with Crippen LogP contribution in [0.2, 0.25) is 0 Å². The quantitative estimate of drug-likeness (QED) is 0.390. The van der Waals surface area contributed by atoms with E-state index in [1.54, 1.807) is 17.5 Å². The van der Waals surface area contributed by atoms with Gasteiger partial charge in [-0.2, -0.15) is 24.5 Å². The summed E-state index contributed by atoms with van der Waals surface area (Å²) >= 11 is 1.66. The molecule has 8 heteroatoms. The van der Waals surface area contributed by atoms with Gasteiger partial charge >= 0.3 is 6.18 Å². The van der Waals surface area contributed by atoms with Gasteiger partial charge in [-0.25, -0.2) is 9.97 Å². The SMILES string of the molecule is FC(F)(F)c1ccc(-c2ncc3c(n2)CCN(Cc2ccc(-c4ccsc4)nc2)C3)cc1. The van der Waals surface area contributed by atoms with E-state index in [1.807, 2.05) is 11.6 Å². The highest BCUT2D eigenvalue weighted by molar-refractivity contribution is 7.08. The van der Waals surface area contributed by atoms with Gasteiger partial charge in [-0.1, -0.05) is 18.2 Å². The Morgan fingerprint density at radius 2 is 1.78 bits per heavy atom. The van der Waals surface area contributed by atoms with Crippen molar-refractivity contribution >= 4 is 11.3 Å². The molecule has 0 aliphatic carbocycles. The number of halogens is 3. The third-order valence-corrected chi connectivity index (χ3v) is 6.21. The average molecular weight is 453 g/mol. The summed E-state index contributed by atoms with van der Waals surface area (Å²) in [6.45, 7) is 2.37. The lowest BCUT2D eigenvalue weighted by molar-refractivity contribution is -0.137. The summed E-state index contributed by atoms with van der Waals surface area (Å²) in [5, 5.41) is 4.13. The number of fused-ring (bicyclic) bond motifs is 1. The summed E-state index contributed by atoms with van der Waals surface area (Å²) in [5.74, 6) is 0.458. The van der Waals surface area contributed by atoms with Crippen LogP contribution in [0, 0.1) is 0 Å². The van der Waals surface area contributed by atoms with Crippen molar-refractivity contribution in [1.29, 1.82) is 0 Å². The maximum atomic E-state index is 12.8. The largest absolute Gasteiger partial charge is 0.416 e. The van der Waals surface area contributed by atoms with Crippen molar-refractivity contribution in [1.82, 2.24) is 19.9 Å². The summed E-state index contributed by atoms with van der Waals surface area (Å²) in [5.41, 5.74) is 5.17. The van der Waals surface area contributed by atoms with Gasteiger partial charge in [0.1, 0.15) is 0 Å². The minimum Gasteiger partial charge on any atom is -0.294 e. The van der Waals surface area contributed by atoms with Crippen molar-refractivity contribution < 1.29 is 13.2 Å². The van der Waals surface area contributed by atoms with Crippen LogP contribution in [-0.4, -0.2) is 26.4 Å². The van der Waals surface area contributed by atoms with Gasteiger partial charge in [0, 0.05) is 60.5 Å². The van der Waals surface area contributed by atoms with Gasteiger partial charge in [-0.3, -0.25) is 9.88 Å². The molecule has 1 aliphatic rings. The van der Waals surface area contributed by atoms with Crippen LogP contribution in [0.25, 0.3) is 22.6 Å². The van der Waals surface area contributed by atoms with Crippen LogP contribution < -0.4 is 0 Å². The van der Waals surface area contributed by atoms with E-state index in [9.17, 15) is 13.2 Å². The van der Waals surface area contributed by atoms with Crippen molar-refractivity contribution in [3.63, 3.8) is 0 Å². The van der Waals surface area contributed by atoms with E-state index in [2.05, 4.69) is 43.4 Å². The normalized spacial score (nSPS) is 14.3. The van der Waals surface area contributed by atoms with Crippen LogP contribution >= 0.6 is 11.3 Å². The molecular weight excluding hydrogens is 433 g/mol. The Morgan fingerprint density at radius 3 is 2.47 bits per heavy atom. The van der Waals surface area contributed by atoms with Crippen LogP contribution in [0.3, 0.4) is 0 Å². The van der Waals surface area contributed by atoms with E-state index in [0.717, 1.165) is 66.3 Å². The highest BCUT2D eigenvalue weighted by Crippen LogP contribution is 2.31. The Labute approximate surface area is 187 Å². The maximum Gasteiger partial charge on any atom is 0.416 e. The number of hydrogen-bond acceptors (Lipinski definition) is 5. The second-order valence-corrected chi connectivity index (χ2v) is 8.55. The van der Waals surface area contributed by atoms with Gasteiger partial charge in [0.15, 0.2) is 5.82 Å². The second kappa shape index (κ2) is 8.44. The number of benzene rings is 1. The fourth-order valence-electron chi connectivity index (χ4n) is 3.81. The molecule has 0 amide bonds. The standard InChI is InChI=1S/C24H19F3N4S/c25-24(26,27)20-4-2-17(3-5-20)23-29-12-19-14-31(9-7-22(19)30-23)13-16-1-6-21(28-11-16)18-8-10-32-15-18/h1-6,8,10-12,15H,7,9,13-14H2. The minimum atomic E-state index is -4.35. The first-order valence-corrected chi connectivity index (χ1v) is 11.1. The summed E-state index contributed by atoms with van der Waals surface area (Å²) in [6, 6.07) is 11.2. The summed E-state index contributed by atoms with van der Waals surface area (Å²) < 4.78 is 38.4. The van der Waals surface area contributed by atoms with Crippen LogP contribution in [0.15, 0.2) is 65.6 Å². The first kappa shape index (κ1) is 20.8. The average Bonchev–Trinajstić information content (AvgIpc) is 3.34. The molecule has 1 aromatic carbocycles. The molecule has 0 fully saturated rings. The third kappa shape index (κ3) is 4.42. The van der Waals surface area contributed by atoms with Crippen molar-refractivity contribution in [2.24, 2.45) is 0 Å². The highest BCUT2D eigenvalue weighted by atomic mass is 32.1. The Balaban J connectivity index is 1.26. The molecule has 32 heavy (non-hydrogen) atoms. The first-order chi connectivity index (χ1) is 15.5. The first-order valence-electron chi connectivity index (χ1n) is 10.2. The summed E-state index contributed by atoms with van der Waals surface area (Å²) in [4.78, 5) is 15.9. The van der Waals surface area contributed by atoms with E-state index >= 15 is 0 Å². The molecule has 0 radical (unpaired) electrons. The van der Waals surface area contributed by atoms with Gasteiger partial charge in [-0.15, -0.1) is 0 Å². The molecule has 0 N–H and O–H groups in total.